The Bertz CT molecular complexity index is 683. The lowest BCUT2D eigenvalue weighted by Gasteiger charge is -2.23. The van der Waals surface area contributed by atoms with Crippen LogP contribution >= 0.6 is 0 Å². The summed E-state index contributed by atoms with van der Waals surface area (Å²) in [6.07, 6.45) is 3.61. The third-order valence-electron chi connectivity index (χ3n) is 3.67. The van der Waals surface area contributed by atoms with Crippen molar-refractivity contribution in [2.75, 3.05) is 11.4 Å². The van der Waals surface area contributed by atoms with Crippen LogP contribution in [0.4, 0.5) is 5.82 Å². The Morgan fingerprint density at radius 2 is 2.27 bits per heavy atom. The zero-order valence-corrected chi connectivity index (χ0v) is 12.6. The molecule has 0 unspecified atom stereocenters. The third-order valence-corrected chi connectivity index (χ3v) is 3.67. The van der Waals surface area contributed by atoms with Gasteiger partial charge < -0.3 is 15.2 Å². The van der Waals surface area contributed by atoms with E-state index < -0.39 is 5.91 Å². The molecule has 8 nitrogen and oxygen atoms in total. The molecule has 3 rings (SSSR count). The van der Waals surface area contributed by atoms with E-state index in [1.807, 2.05) is 6.07 Å². The second kappa shape index (κ2) is 5.70. The van der Waals surface area contributed by atoms with E-state index in [4.69, 9.17) is 10.3 Å². The molecule has 1 aliphatic rings. The molecule has 0 radical (unpaired) electrons. The Balaban J connectivity index is 1.89. The molecule has 0 spiro atoms. The summed E-state index contributed by atoms with van der Waals surface area (Å²) in [6, 6.07) is 1.78. The summed E-state index contributed by atoms with van der Waals surface area (Å²) in [5.41, 5.74) is 5.17. The molecule has 1 amide bonds. The fourth-order valence-corrected chi connectivity index (χ4v) is 2.57. The number of nitrogens with zero attached hydrogens (tertiary/aromatic N) is 5. The van der Waals surface area contributed by atoms with Crippen LogP contribution in [0.5, 0.6) is 0 Å². The van der Waals surface area contributed by atoms with Crippen LogP contribution in [0.1, 0.15) is 61.0 Å². The predicted octanol–water partition coefficient (Wildman–Crippen LogP) is 1.42. The van der Waals surface area contributed by atoms with Crippen LogP contribution in [0.25, 0.3) is 0 Å². The molecule has 116 valence electrons. The lowest BCUT2D eigenvalue weighted by atomic mass is 10.2. The number of anilines is 1. The van der Waals surface area contributed by atoms with Crippen molar-refractivity contribution in [3.63, 3.8) is 0 Å². The van der Waals surface area contributed by atoms with Crippen molar-refractivity contribution in [1.82, 2.24) is 20.1 Å². The molecular weight excluding hydrogens is 284 g/mol. The Kier molecular flexibility index (Phi) is 3.74. The summed E-state index contributed by atoms with van der Waals surface area (Å²) in [6.45, 7) is 4.95. The Morgan fingerprint density at radius 3 is 2.95 bits per heavy atom. The highest BCUT2D eigenvalue weighted by Gasteiger charge is 2.32. The van der Waals surface area contributed by atoms with Crippen molar-refractivity contribution < 1.29 is 9.32 Å². The molecular formula is C14H18N6O2. The minimum absolute atomic E-state index is 0.0875. The molecule has 1 fully saturated rings. The van der Waals surface area contributed by atoms with Gasteiger partial charge in [-0.3, -0.25) is 4.79 Å². The maximum absolute atomic E-state index is 11.1. The fourth-order valence-electron chi connectivity index (χ4n) is 2.57. The lowest BCUT2D eigenvalue weighted by Crippen LogP contribution is -2.24. The molecule has 1 atom stereocenters. The number of carbonyl (C=O) groups excluding carboxylic acids is 1. The van der Waals surface area contributed by atoms with Crippen molar-refractivity contribution in [3.8, 4) is 0 Å². The summed E-state index contributed by atoms with van der Waals surface area (Å²) in [5.74, 6) is 1.50. The SMILES string of the molecule is CC(C)c1nccc(N2CCC[C@H]2c2nc(C(N)=O)no2)n1. The molecule has 0 aromatic carbocycles. The first-order valence-electron chi connectivity index (χ1n) is 7.29. The second-order valence-electron chi connectivity index (χ2n) is 5.60. The summed E-state index contributed by atoms with van der Waals surface area (Å²) in [7, 11) is 0. The molecule has 0 aliphatic carbocycles. The normalized spacial score (nSPS) is 18.1. The van der Waals surface area contributed by atoms with Crippen LogP contribution < -0.4 is 10.6 Å². The molecule has 2 aromatic heterocycles. The first-order chi connectivity index (χ1) is 10.6. The number of carbonyl (C=O) groups is 1. The van der Waals surface area contributed by atoms with Gasteiger partial charge in [0.25, 0.3) is 11.7 Å². The fraction of sp³-hybridized carbons (Fsp3) is 0.500. The van der Waals surface area contributed by atoms with Crippen LogP contribution in [0.15, 0.2) is 16.8 Å². The van der Waals surface area contributed by atoms with Crippen molar-refractivity contribution in [2.45, 2.75) is 38.6 Å². The molecule has 2 N–H and O–H groups in total. The molecule has 3 heterocycles. The van der Waals surface area contributed by atoms with E-state index in [1.165, 1.54) is 0 Å². The van der Waals surface area contributed by atoms with Gasteiger partial charge in [0.1, 0.15) is 17.7 Å². The quantitative estimate of drug-likeness (QED) is 0.909. The predicted molar refractivity (Wildman–Crippen MR) is 78.3 cm³/mol. The van der Waals surface area contributed by atoms with Gasteiger partial charge in [0, 0.05) is 18.7 Å². The van der Waals surface area contributed by atoms with Gasteiger partial charge in [0.2, 0.25) is 5.89 Å². The summed E-state index contributed by atoms with van der Waals surface area (Å²) >= 11 is 0. The molecule has 1 saturated heterocycles. The van der Waals surface area contributed by atoms with Crippen LogP contribution in [-0.2, 0) is 0 Å². The van der Waals surface area contributed by atoms with Crippen molar-refractivity contribution >= 4 is 11.7 Å². The lowest BCUT2D eigenvalue weighted by molar-refractivity contribution is 0.0987. The van der Waals surface area contributed by atoms with Crippen LogP contribution in [0.2, 0.25) is 0 Å². The topological polar surface area (TPSA) is 111 Å². The highest BCUT2D eigenvalue weighted by Crippen LogP contribution is 2.34. The van der Waals surface area contributed by atoms with Gasteiger partial charge in [-0.25, -0.2) is 9.97 Å². The molecule has 0 saturated carbocycles. The highest BCUT2D eigenvalue weighted by atomic mass is 16.5. The molecule has 22 heavy (non-hydrogen) atoms. The van der Waals surface area contributed by atoms with E-state index in [0.717, 1.165) is 31.0 Å². The monoisotopic (exact) mass is 302 g/mol. The standard InChI is InChI=1S/C14H18N6O2/c1-8(2)12-16-6-5-10(17-12)20-7-3-4-9(20)14-18-13(11(15)21)19-22-14/h5-6,8-9H,3-4,7H2,1-2H3,(H2,15,21)/t9-/m0/s1. The average molecular weight is 302 g/mol. The van der Waals surface area contributed by atoms with Gasteiger partial charge in [-0.05, 0) is 18.9 Å². The second-order valence-corrected chi connectivity index (χ2v) is 5.60. The van der Waals surface area contributed by atoms with E-state index in [1.54, 1.807) is 6.20 Å². The molecule has 2 aromatic rings. The number of amides is 1. The Morgan fingerprint density at radius 1 is 1.45 bits per heavy atom. The Labute approximate surface area is 127 Å². The number of rotatable bonds is 4. The van der Waals surface area contributed by atoms with E-state index in [2.05, 4.69) is 38.9 Å². The maximum Gasteiger partial charge on any atom is 0.290 e. The summed E-state index contributed by atoms with van der Waals surface area (Å²) in [5, 5.41) is 3.61. The zero-order valence-electron chi connectivity index (χ0n) is 12.6. The van der Waals surface area contributed by atoms with Gasteiger partial charge >= 0.3 is 0 Å². The van der Waals surface area contributed by atoms with Gasteiger partial charge in [0.05, 0.1) is 0 Å². The first kappa shape index (κ1) is 14.4. The van der Waals surface area contributed by atoms with Crippen molar-refractivity contribution in [3.05, 3.63) is 29.8 Å². The van der Waals surface area contributed by atoms with E-state index in [9.17, 15) is 4.79 Å². The Hall–Kier alpha value is -2.51. The first-order valence-corrected chi connectivity index (χ1v) is 7.29. The van der Waals surface area contributed by atoms with Crippen LogP contribution in [0, 0.1) is 0 Å². The van der Waals surface area contributed by atoms with E-state index >= 15 is 0 Å². The molecule has 1 aliphatic heterocycles. The number of primary amides is 1. The summed E-state index contributed by atoms with van der Waals surface area (Å²) in [4.78, 5) is 26.2. The van der Waals surface area contributed by atoms with E-state index in [-0.39, 0.29) is 17.8 Å². The van der Waals surface area contributed by atoms with Crippen LogP contribution in [-0.4, -0.2) is 32.6 Å². The summed E-state index contributed by atoms with van der Waals surface area (Å²) < 4.78 is 5.19. The number of hydrogen-bond acceptors (Lipinski definition) is 7. The highest BCUT2D eigenvalue weighted by molar-refractivity contribution is 5.88. The third kappa shape index (κ3) is 2.63. The number of hydrogen-bond donors (Lipinski definition) is 1. The largest absolute Gasteiger partial charge is 0.363 e. The molecule has 8 heteroatoms. The van der Waals surface area contributed by atoms with Gasteiger partial charge in [-0.1, -0.05) is 19.0 Å². The average Bonchev–Trinajstić information content (AvgIpc) is 3.16. The van der Waals surface area contributed by atoms with Crippen LogP contribution in [0.3, 0.4) is 0 Å². The molecule has 0 bridgehead atoms. The number of aromatic nitrogens is 4. The van der Waals surface area contributed by atoms with Crippen molar-refractivity contribution in [2.24, 2.45) is 5.73 Å². The van der Waals surface area contributed by atoms with Gasteiger partial charge in [0.15, 0.2) is 0 Å². The van der Waals surface area contributed by atoms with Gasteiger partial charge in [-0.15, -0.1) is 0 Å². The van der Waals surface area contributed by atoms with Gasteiger partial charge in [-0.2, -0.15) is 4.98 Å². The smallest absolute Gasteiger partial charge is 0.290 e. The van der Waals surface area contributed by atoms with Crippen molar-refractivity contribution in [1.29, 1.82) is 0 Å². The minimum atomic E-state index is -0.691. The maximum atomic E-state index is 11.1. The minimum Gasteiger partial charge on any atom is -0.363 e. The zero-order chi connectivity index (χ0) is 15.7. The van der Waals surface area contributed by atoms with E-state index in [0.29, 0.717) is 5.89 Å². The number of nitrogens with two attached hydrogens (primary N) is 1.